The van der Waals surface area contributed by atoms with Crippen LogP contribution in [-0.2, 0) is 6.61 Å². The molecule has 0 saturated heterocycles. The van der Waals surface area contributed by atoms with Gasteiger partial charge in [0.15, 0.2) is 16.6 Å². The number of hydrazone groups is 1. The van der Waals surface area contributed by atoms with Crippen LogP contribution in [0.25, 0.3) is 11.3 Å². The first-order valence-electron chi connectivity index (χ1n) is 12.4. The Labute approximate surface area is 245 Å². The average Bonchev–Trinajstić information content (AvgIpc) is 3.45. The fraction of sp³-hybridized carbons (Fsp3) is 0.0645. The number of ether oxygens (including phenoxy) is 2. The minimum Gasteiger partial charge on any atom is -0.493 e. The second-order valence-corrected chi connectivity index (χ2v) is 10.0. The Bertz CT molecular complexity index is 1680. The number of hydrogen-bond donors (Lipinski definition) is 2. The molecule has 0 aliphatic heterocycles. The lowest BCUT2D eigenvalue weighted by Gasteiger charge is -2.13. The number of carbonyl (C=O) groups is 1. The van der Waals surface area contributed by atoms with E-state index in [2.05, 4.69) is 20.8 Å². The van der Waals surface area contributed by atoms with Crippen LogP contribution in [0.4, 0.5) is 15.2 Å². The number of hydrogen-bond acceptors (Lipinski definition) is 7. The number of thiazole rings is 1. The van der Waals surface area contributed by atoms with Crippen molar-refractivity contribution in [1.29, 1.82) is 0 Å². The largest absolute Gasteiger partial charge is 0.493 e. The highest BCUT2D eigenvalue weighted by atomic mass is 35.5. The summed E-state index contributed by atoms with van der Waals surface area (Å²) in [5, 5.41) is 10.4. The number of halogens is 2. The molecule has 0 saturated carbocycles. The molecular weight excluding hydrogens is 563 g/mol. The van der Waals surface area contributed by atoms with Crippen molar-refractivity contribution in [3.63, 3.8) is 0 Å². The van der Waals surface area contributed by atoms with E-state index in [0.717, 1.165) is 22.1 Å². The van der Waals surface area contributed by atoms with Crippen molar-refractivity contribution in [2.45, 2.75) is 6.61 Å². The molecule has 5 aromatic rings. The van der Waals surface area contributed by atoms with Crippen molar-refractivity contribution in [3.8, 4) is 22.8 Å². The summed E-state index contributed by atoms with van der Waals surface area (Å²) in [6, 6.07) is 26.3. The van der Waals surface area contributed by atoms with Gasteiger partial charge in [-0.15, -0.1) is 11.3 Å². The maximum Gasteiger partial charge on any atom is 0.271 e. The van der Waals surface area contributed by atoms with Gasteiger partial charge in [-0.1, -0.05) is 54.1 Å². The molecule has 1 aromatic heterocycles. The summed E-state index contributed by atoms with van der Waals surface area (Å²) in [4.78, 5) is 17.3. The number of nitrogens with one attached hydrogen (secondary N) is 2. The lowest BCUT2D eigenvalue weighted by atomic mass is 10.1. The van der Waals surface area contributed by atoms with E-state index in [9.17, 15) is 9.18 Å². The van der Waals surface area contributed by atoms with E-state index < -0.39 is 0 Å². The first-order chi connectivity index (χ1) is 20.0. The highest BCUT2D eigenvalue weighted by Crippen LogP contribution is 2.36. The molecule has 1 heterocycles. The van der Waals surface area contributed by atoms with E-state index >= 15 is 0 Å². The first-order valence-corrected chi connectivity index (χ1v) is 13.7. The van der Waals surface area contributed by atoms with Gasteiger partial charge < -0.3 is 14.8 Å². The molecule has 0 atom stereocenters. The second-order valence-electron chi connectivity index (χ2n) is 8.76. The predicted octanol–water partition coefficient (Wildman–Crippen LogP) is 7.70. The van der Waals surface area contributed by atoms with Gasteiger partial charge >= 0.3 is 0 Å². The van der Waals surface area contributed by atoms with Gasteiger partial charge in [0.25, 0.3) is 5.91 Å². The van der Waals surface area contributed by atoms with Gasteiger partial charge in [0.1, 0.15) is 12.4 Å². The number of rotatable bonds is 10. The summed E-state index contributed by atoms with van der Waals surface area (Å²) in [5.74, 6) is -0.0197. The van der Waals surface area contributed by atoms with Crippen LogP contribution in [0.3, 0.4) is 0 Å². The highest BCUT2D eigenvalue weighted by Gasteiger charge is 2.13. The molecule has 206 valence electrons. The predicted molar refractivity (Wildman–Crippen MR) is 161 cm³/mol. The molecule has 0 aliphatic rings. The SMILES string of the molecule is COc1cc(/C=N\NC(=O)c2ccc(-c3csc(Nc4ccccc4)n3)cc2)cc(Cl)c1OCc1cccc(F)c1. The van der Waals surface area contributed by atoms with Crippen molar-refractivity contribution < 1.29 is 18.7 Å². The van der Waals surface area contributed by atoms with E-state index in [1.165, 1.54) is 36.8 Å². The third-order valence-electron chi connectivity index (χ3n) is 5.88. The summed E-state index contributed by atoms with van der Waals surface area (Å²) in [7, 11) is 1.49. The van der Waals surface area contributed by atoms with Crippen LogP contribution in [-0.4, -0.2) is 24.2 Å². The zero-order chi connectivity index (χ0) is 28.6. The smallest absolute Gasteiger partial charge is 0.271 e. The van der Waals surface area contributed by atoms with Gasteiger partial charge in [0, 0.05) is 22.2 Å². The fourth-order valence-electron chi connectivity index (χ4n) is 3.87. The van der Waals surface area contributed by atoms with Gasteiger partial charge in [-0.25, -0.2) is 14.8 Å². The van der Waals surface area contributed by atoms with E-state index in [1.807, 2.05) is 47.8 Å². The summed E-state index contributed by atoms with van der Waals surface area (Å²) in [5.41, 5.74) is 6.87. The van der Waals surface area contributed by atoms with Crippen molar-refractivity contribution >= 4 is 45.9 Å². The summed E-state index contributed by atoms with van der Waals surface area (Å²) >= 11 is 7.92. The molecule has 5 rings (SSSR count). The Hall–Kier alpha value is -4.73. The Balaban J connectivity index is 1.19. The molecule has 0 unspecified atom stereocenters. The Morgan fingerprint density at radius 3 is 2.61 bits per heavy atom. The second kappa shape index (κ2) is 13.1. The molecule has 1 amide bonds. The van der Waals surface area contributed by atoms with Gasteiger partial charge in [0.2, 0.25) is 0 Å². The zero-order valence-electron chi connectivity index (χ0n) is 21.8. The third-order valence-corrected chi connectivity index (χ3v) is 6.91. The average molecular weight is 587 g/mol. The van der Waals surface area contributed by atoms with Gasteiger partial charge in [-0.2, -0.15) is 5.10 Å². The third kappa shape index (κ3) is 7.27. The van der Waals surface area contributed by atoms with Crippen molar-refractivity contribution in [1.82, 2.24) is 10.4 Å². The normalized spacial score (nSPS) is 10.9. The lowest BCUT2D eigenvalue weighted by Crippen LogP contribution is -2.17. The van der Waals surface area contributed by atoms with Crippen LogP contribution in [0.1, 0.15) is 21.5 Å². The number of anilines is 2. The summed E-state index contributed by atoms with van der Waals surface area (Å²) in [6.45, 7) is 0.115. The monoisotopic (exact) mass is 586 g/mol. The van der Waals surface area contributed by atoms with Crippen LogP contribution in [0.15, 0.2) is 101 Å². The number of para-hydroxylation sites is 1. The molecule has 0 spiro atoms. The number of aromatic nitrogens is 1. The summed E-state index contributed by atoms with van der Waals surface area (Å²) in [6.07, 6.45) is 1.45. The van der Waals surface area contributed by atoms with E-state index in [-0.39, 0.29) is 23.4 Å². The Kier molecular flexibility index (Phi) is 8.88. The lowest BCUT2D eigenvalue weighted by molar-refractivity contribution is 0.0955. The number of amides is 1. The molecule has 7 nitrogen and oxygen atoms in total. The van der Waals surface area contributed by atoms with E-state index in [0.29, 0.717) is 28.2 Å². The van der Waals surface area contributed by atoms with Crippen molar-refractivity contribution in [3.05, 3.63) is 124 Å². The number of methoxy groups -OCH3 is 1. The summed E-state index contributed by atoms with van der Waals surface area (Å²) < 4.78 is 24.6. The maximum atomic E-state index is 13.5. The first kappa shape index (κ1) is 27.8. The van der Waals surface area contributed by atoms with Crippen LogP contribution in [0.5, 0.6) is 11.5 Å². The fourth-order valence-corrected chi connectivity index (χ4v) is 4.88. The quantitative estimate of drug-likeness (QED) is 0.129. The molecule has 0 aliphatic carbocycles. The molecule has 4 aromatic carbocycles. The molecule has 0 radical (unpaired) electrons. The molecule has 0 bridgehead atoms. The molecule has 41 heavy (non-hydrogen) atoms. The van der Waals surface area contributed by atoms with Crippen molar-refractivity contribution in [2.75, 3.05) is 12.4 Å². The topological polar surface area (TPSA) is 84.8 Å². The van der Waals surface area contributed by atoms with E-state index in [1.54, 1.807) is 36.4 Å². The van der Waals surface area contributed by atoms with Crippen LogP contribution >= 0.6 is 22.9 Å². The zero-order valence-corrected chi connectivity index (χ0v) is 23.4. The van der Waals surface area contributed by atoms with Gasteiger partial charge in [-0.3, -0.25) is 4.79 Å². The molecular formula is C31H24ClFN4O3S. The minimum atomic E-state index is -0.370. The van der Waals surface area contributed by atoms with Crippen LogP contribution in [0.2, 0.25) is 5.02 Å². The molecule has 0 fully saturated rings. The molecule has 2 N–H and O–H groups in total. The maximum absolute atomic E-state index is 13.5. The van der Waals surface area contributed by atoms with Gasteiger partial charge in [-0.05, 0) is 59.7 Å². The van der Waals surface area contributed by atoms with Crippen LogP contribution < -0.4 is 20.2 Å². The highest BCUT2D eigenvalue weighted by molar-refractivity contribution is 7.14. The minimum absolute atomic E-state index is 0.115. The number of carbonyl (C=O) groups excluding carboxylic acids is 1. The number of nitrogens with zero attached hydrogens (tertiary/aromatic N) is 2. The van der Waals surface area contributed by atoms with E-state index in [4.69, 9.17) is 21.1 Å². The number of benzene rings is 4. The Morgan fingerprint density at radius 1 is 1.05 bits per heavy atom. The Morgan fingerprint density at radius 2 is 1.85 bits per heavy atom. The van der Waals surface area contributed by atoms with Crippen LogP contribution in [0, 0.1) is 5.82 Å². The van der Waals surface area contributed by atoms with Crippen molar-refractivity contribution in [2.24, 2.45) is 5.10 Å². The van der Waals surface area contributed by atoms with Gasteiger partial charge in [0.05, 0.1) is 24.0 Å². The molecule has 10 heteroatoms. The standard InChI is InChI=1S/C31H24ClFN4O3S/c1-39-28-16-21(15-26(32)29(28)40-18-20-6-5-7-24(33)14-20)17-34-37-30(38)23-12-10-22(11-13-23)27-19-41-31(36-27)35-25-8-3-2-4-9-25/h2-17,19H,18H2,1H3,(H,35,36)(H,37,38)/b34-17-.